The Kier molecular flexibility index (Phi) is 6.57. The number of carbonyl (C=O) groups excluding carboxylic acids is 2. The summed E-state index contributed by atoms with van der Waals surface area (Å²) in [5.74, 6) is -1.29. The highest BCUT2D eigenvalue weighted by atomic mass is 19.3. The summed E-state index contributed by atoms with van der Waals surface area (Å²) < 4.78 is 38.9. The monoisotopic (exact) mass is 401 g/mol. The van der Waals surface area contributed by atoms with Gasteiger partial charge in [-0.15, -0.1) is 0 Å². The van der Waals surface area contributed by atoms with Crippen molar-refractivity contribution in [2.45, 2.75) is 12.7 Å². The quantitative estimate of drug-likeness (QED) is 0.579. The van der Waals surface area contributed by atoms with E-state index >= 15 is 0 Å². The van der Waals surface area contributed by atoms with Gasteiger partial charge >= 0.3 is 12.6 Å². The zero-order valence-corrected chi connectivity index (χ0v) is 15.1. The third-order valence-corrected chi connectivity index (χ3v) is 3.93. The number of hydrogen-bond donors (Lipinski definition) is 1. The molecular weight excluding hydrogens is 384 g/mol. The number of rotatable bonds is 8. The molecule has 1 amide bonds. The van der Waals surface area contributed by atoms with Crippen LogP contribution in [0.5, 0.6) is 5.75 Å². The lowest BCUT2D eigenvalue weighted by Gasteiger charge is -2.20. The van der Waals surface area contributed by atoms with Gasteiger partial charge in [-0.25, -0.2) is 4.79 Å². The first kappa shape index (κ1) is 20.1. The van der Waals surface area contributed by atoms with Crippen molar-refractivity contribution in [2.24, 2.45) is 0 Å². The molecule has 1 N–H and O–H groups in total. The highest BCUT2D eigenvalue weighted by Crippen LogP contribution is 2.25. The fourth-order valence-corrected chi connectivity index (χ4v) is 2.65. The van der Waals surface area contributed by atoms with Gasteiger partial charge in [0.15, 0.2) is 6.61 Å². The smallest absolute Gasteiger partial charge is 0.387 e. The minimum absolute atomic E-state index is 0.00738. The average Bonchev–Trinajstić information content (AvgIpc) is 3.26. The number of amides is 1. The molecule has 29 heavy (non-hydrogen) atoms. The zero-order chi connectivity index (χ0) is 20.6. The van der Waals surface area contributed by atoms with Crippen molar-refractivity contribution in [1.82, 2.24) is 5.32 Å². The van der Waals surface area contributed by atoms with Crippen LogP contribution in [-0.2, 0) is 9.53 Å². The Balaban J connectivity index is 1.70. The third kappa shape index (κ3) is 5.65. The normalized spacial score (nSPS) is 11.7. The van der Waals surface area contributed by atoms with Crippen LogP contribution in [0, 0.1) is 0 Å². The minimum Gasteiger partial charge on any atom is -0.457 e. The van der Waals surface area contributed by atoms with Crippen LogP contribution < -0.4 is 10.1 Å². The summed E-state index contributed by atoms with van der Waals surface area (Å²) in [6, 6.07) is 17.4. The lowest BCUT2D eigenvalue weighted by atomic mass is 9.98. The minimum atomic E-state index is -2.92. The number of ether oxygens (including phenoxy) is 2. The second kappa shape index (κ2) is 9.50. The summed E-state index contributed by atoms with van der Waals surface area (Å²) in [6.45, 7) is -3.43. The lowest BCUT2D eigenvalue weighted by Crippen LogP contribution is -2.33. The molecule has 0 saturated heterocycles. The summed E-state index contributed by atoms with van der Waals surface area (Å²) in [6.07, 6.45) is 1.32. The molecule has 0 radical (unpaired) electrons. The lowest BCUT2D eigenvalue weighted by molar-refractivity contribution is -0.124. The van der Waals surface area contributed by atoms with Crippen molar-refractivity contribution in [3.8, 4) is 5.75 Å². The fourth-order valence-electron chi connectivity index (χ4n) is 2.65. The Labute approximate surface area is 165 Å². The molecule has 0 aliphatic heterocycles. The van der Waals surface area contributed by atoms with E-state index in [0.29, 0.717) is 5.56 Å². The maximum absolute atomic E-state index is 12.3. The number of alkyl halides is 2. The number of halogens is 2. The van der Waals surface area contributed by atoms with Crippen LogP contribution in [0.15, 0.2) is 77.4 Å². The first-order chi connectivity index (χ1) is 14.0. The fraction of sp³-hybridized carbons (Fsp3) is 0.143. The van der Waals surface area contributed by atoms with Crippen LogP contribution in [0.4, 0.5) is 8.78 Å². The van der Waals surface area contributed by atoms with Gasteiger partial charge in [0.1, 0.15) is 5.75 Å². The molecule has 3 rings (SSSR count). The van der Waals surface area contributed by atoms with Crippen molar-refractivity contribution >= 4 is 11.9 Å². The van der Waals surface area contributed by atoms with Crippen molar-refractivity contribution in [2.75, 3.05) is 6.61 Å². The first-order valence-corrected chi connectivity index (χ1v) is 8.62. The van der Waals surface area contributed by atoms with Crippen LogP contribution in [0.1, 0.15) is 27.7 Å². The second-order valence-electron chi connectivity index (χ2n) is 5.91. The molecule has 6 nitrogen and oxygen atoms in total. The standard InChI is InChI=1S/C21H17F2NO5/c22-21(23)29-16-10-8-15(9-11-16)19(14-5-2-1-3-6-14)24-18(25)13-28-20(26)17-7-4-12-27-17/h1-12,19,21H,13H2,(H,24,25)/t19-/m0/s1. The Hall–Kier alpha value is -3.68. The van der Waals surface area contributed by atoms with Gasteiger partial charge in [-0.05, 0) is 35.4 Å². The molecule has 1 heterocycles. The Morgan fingerprint density at radius 1 is 0.931 bits per heavy atom. The summed E-state index contributed by atoms with van der Waals surface area (Å²) >= 11 is 0. The van der Waals surface area contributed by atoms with Gasteiger partial charge in [-0.1, -0.05) is 42.5 Å². The van der Waals surface area contributed by atoms with Crippen molar-refractivity contribution in [3.05, 3.63) is 89.9 Å². The molecule has 0 fully saturated rings. The first-order valence-electron chi connectivity index (χ1n) is 8.62. The molecule has 0 saturated carbocycles. The SMILES string of the molecule is O=C(COC(=O)c1ccco1)N[C@@H](c1ccccc1)c1ccc(OC(F)F)cc1. The third-order valence-electron chi connectivity index (χ3n) is 3.93. The number of nitrogens with one attached hydrogen (secondary N) is 1. The Morgan fingerprint density at radius 2 is 1.62 bits per heavy atom. The van der Waals surface area contributed by atoms with E-state index in [-0.39, 0.29) is 11.5 Å². The number of carbonyl (C=O) groups is 2. The van der Waals surface area contributed by atoms with E-state index in [1.165, 1.54) is 30.5 Å². The second-order valence-corrected chi connectivity index (χ2v) is 5.91. The van der Waals surface area contributed by atoms with Crippen molar-refractivity contribution < 1.29 is 32.3 Å². The van der Waals surface area contributed by atoms with E-state index in [2.05, 4.69) is 10.1 Å². The molecule has 0 aliphatic rings. The molecule has 0 aliphatic carbocycles. The van der Waals surface area contributed by atoms with Crippen LogP contribution in [0.25, 0.3) is 0 Å². The van der Waals surface area contributed by atoms with Crippen LogP contribution in [0.2, 0.25) is 0 Å². The van der Waals surface area contributed by atoms with Crippen molar-refractivity contribution in [1.29, 1.82) is 0 Å². The van der Waals surface area contributed by atoms with Crippen LogP contribution >= 0.6 is 0 Å². The average molecular weight is 401 g/mol. The van der Waals surface area contributed by atoms with Gasteiger partial charge in [-0.2, -0.15) is 8.78 Å². The number of esters is 1. The van der Waals surface area contributed by atoms with Gasteiger partial charge < -0.3 is 19.2 Å². The molecule has 150 valence electrons. The van der Waals surface area contributed by atoms with E-state index in [9.17, 15) is 18.4 Å². The molecular formula is C21H17F2NO5. The molecule has 0 bridgehead atoms. The maximum atomic E-state index is 12.3. The highest BCUT2D eigenvalue weighted by molar-refractivity contribution is 5.88. The Morgan fingerprint density at radius 3 is 2.24 bits per heavy atom. The summed E-state index contributed by atoms with van der Waals surface area (Å²) in [5, 5.41) is 2.77. The molecule has 1 atom stereocenters. The van der Waals surface area contributed by atoms with E-state index < -0.39 is 31.1 Å². The summed E-state index contributed by atoms with van der Waals surface area (Å²) in [5.41, 5.74) is 1.41. The number of benzene rings is 2. The summed E-state index contributed by atoms with van der Waals surface area (Å²) in [7, 11) is 0. The largest absolute Gasteiger partial charge is 0.457 e. The van der Waals surface area contributed by atoms with Gasteiger partial charge in [0.05, 0.1) is 12.3 Å². The molecule has 0 unspecified atom stereocenters. The molecule has 2 aromatic carbocycles. The maximum Gasteiger partial charge on any atom is 0.387 e. The molecule has 1 aromatic heterocycles. The number of furan rings is 1. The highest BCUT2D eigenvalue weighted by Gasteiger charge is 2.19. The molecule has 8 heteroatoms. The molecule has 3 aromatic rings. The number of hydrogen-bond acceptors (Lipinski definition) is 5. The van der Waals surface area contributed by atoms with Gasteiger partial charge in [0.2, 0.25) is 5.76 Å². The van der Waals surface area contributed by atoms with E-state index in [4.69, 9.17) is 9.15 Å². The topological polar surface area (TPSA) is 77.8 Å². The van der Waals surface area contributed by atoms with Gasteiger partial charge in [0.25, 0.3) is 5.91 Å². The van der Waals surface area contributed by atoms with Crippen LogP contribution in [-0.4, -0.2) is 25.1 Å². The predicted molar refractivity (Wildman–Crippen MR) is 98.5 cm³/mol. The molecule has 0 spiro atoms. The van der Waals surface area contributed by atoms with Gasteiger partial charge in [0, 0.05) is 0 Å². The van der Waals surface area contributed by atoms with Crippen LogP contribution in [0.3, 0.4) is 0 Å². The van der Waals surface area contributed by atoms with E-state index in [0.717, 1.165) is 5.56 Å². The van der Waals surface area contributed by atoms with Gasteiger partial charge in [-0.3, -0.25) is 4.79 Å². The zero-order valence-electron chi connectivity index (χ0n) is 15.1. The van der Waals surface area contributed by atoms with E-state index in [1.807, 2.05) is 18.2 Å². The Bertz CT molecular complexity index is 927. The predicted octanol–water partition coefficient (Wildman–Crippen LogP) is 3.94. The van der Waals surface area contributed by atoms with E-state index in [1.54, 1.807) is 24.3 Å². The summed E-state index contributed by atoms with van der Waals surface area (Å²) in [4.78, 5) is 24.1. The van der Waals surface area contributed by atoms with Crippen molar-refractivity contribution in [3.63, 3.8) is 0 Å².